The average molecular weight is 239 g/mol. The predicted octanol–water partition coefficient (Wildman–Crippen LogP) is 3.31. The van der Waals surface area contributed by atoms with E-state index in [1.54, 1.807) is 0 Å². The second kappa shape index (κ2) is 4.55. The Bertz CT molecular complexity index is 461. The Morgan fingerprint density at radius 1 is 1.00 bits per heavy atom. The molecular weight excluding hydrogens is 227 g/mol. The Kier molecular flexibility index (Phi) is 3.13. The van der Waals surface area contributed by atoms with Crippen molar-refractivity contribution in [2.24, 2.45) is 0 Å². The van der Waals surface area contributed by atoms with Crippen molar-refractivity contribution >= 4 is 10.1 Å². The monoisotopic (exact) mass is 238 g/mol. The predicted molar refractivity (Wildman–Crippen MR) is 62.3 cm³/mol. The topological polar surface area (TPSA) is 0 Å². The molecule has 1 aromatic rings. The molecule has 15 heavy (non-hydrogen) atoms. The quantitative estimate of drug-likeness (QED) is 0.659. The minimum atomic E-state index is 0.957. The zero-order valence-corrected chi connectivity index (χ0v) is 9.50. The van der Waals surface area contributed by atoms with E-state index < -0.39 is 0 Å². The van der Waals surface area contributed by atoms with Gasteiger partial charge in [-0.25, -0.2) is 0 Å². The van der Waals surface area contributed by atoms with Crippen LogP contribution in [0, 0.1) is 0 Å². The van der Waals surface area contributed by atoms with Gasteiger partial charge in [0.25, 0.3) is 0 Å². The molecule has 0 amide bonds. The van der Waals surface area contributed by atoms with Crippen LogP contribution in [-0.2, 0) is 15.0 Å². The summed E-state index contributed by atoms with van der Waals surface area (Å²) in [5, 5.41) is 0. The number of allylic oxidation sites excluding steroid dienone is 6. The Hall–Kier alpha value is -1.20. The van der Waals surface area contributed by atoms with Crippen molar-refractivity contribution < 1.29 is 15.0 Å². The zero-order chi connectivity index (χ0) is 10.7. The fraction of sp³-hybridized carbons (Fsp3) is 0.0714. The Labute approximate surface area is 97.9 Å². The maximum absolute atomic E-state index is 4.99. The summed E-state index contributed by atoms with van der Waals surface area (Å²) in [7, 11) is 0. The molecule has 0 nitrogen and oxygen atoms in total. The fourth-order valence-electron chi connectivity index (χ4n) is 1.59. The summed E-state index contributed by atoms with van der Waals surface area (Å²) < 4.78 is 0.957. The van der Waals surface area contributed by atoms with E-state index in [9.17, 15) is 0 Å². The molecule has 2 rings (SSSR count). The van der Waals surface area contributed by atoms with Gasteiger partial charge in [-0.3, -0.25) is 0 Å². The van der Waals surface area contributed by atoms with Crippen LogP contribution in [0.15, 0.2) is 60.2 Å². The molecule has 0 radical (unpaired) electrons. The number of hydrogen-bond donors (Lipinski definition) is 0. The standard InChI is InChI=1S/C14H12.Ni/c1-12(13-8-4-2-5-9-13)14-10-6-3-7-11-14;/h2-10H,1H3;/b14-12-;. The van der Waals surface area contributed by atoms with Gasteiger partial charge >= 0.3 is 97.8 Å². The summed E-state index contributed by atoms with van der Waals surface area (Å²) in [5.41, 5.74) is 3.66. The Morgan fingerprint density at radius 2 is 1.67 bits per heavy atom. The van der Waals surface area contributed by atoms with Crippen molar-refractivity contribution in [3.05, 3.63) is 65.8 Å². The molecular formula is C14H12Ni. The van der Waals surface area contributed by atoms with Gasteiger partial charge in [0, 0.05) is 0 Å². The van der Waals surface area contributed by atoms with Gasteiger partial charge in [-0.05, 0) is 0 Å². The third-order valence-corrected chi connectivity index (χ3v) is 2.89. The molecule has 0 saturated carbocycles. The first kappa shape index (κ1) is 10.3. The van der Waals surface area contributed by atoms with Crippen molar-refractivity contribution in [3.63, 3.8) is 0 Å². The number of benzene rings is 1. The molecule has 0 aromatic heterocycles. The SMILES string of the molecule is C/C(=C1\C=CC=C[C]1=[Ni])c1ccccc1. The minimum absolute atomic E-state index is 0.957. The van der Waals surface area contributed by atoms with E-state index in [2.05, 4.69) is 25.1 Å². The van der Waals surface area contributed by atoms with E-state index in [4.69, 9.17) is 15.0 Å². The maximum atomic E-state index is 4.99. The van der Waals surface area contributed by atoms with Crippen LogP contribution in [0.4, 0.5) is 0 Å². The van der Waals surface area contributed by atoms with Gasteiger partial charge in [0.1, 0.15) is 0 Å². The average Bonchev–Trinajstić information content (AvgIpc) is 2.30. The molecule has 0 spiro atoms. The molecule has 0 N–H and O–H groups in total. The number of hydrogen-bond acceptors (Lipinski definition) is 0. The molecule has 0 aliphatic heterocycles. The van der Waals surface area contributed by atoms with Gasteiger partial charge in [-0.15, -0.1) is 0 Å². The molecule has 1 heteroatoms. The first-order valence-corrected chi connectivity index (χ1v) is 5.39. The summed E-state index contributed by atoms with van der Waals surface area (Å²) >= 11 is 4.99. The molecule has 1 aliphatic rings. The van der Waals surface area contributed by atoms with E-state index in [-0.39, 0.29) is 0 Å². The molecule has 0 saturated heterocycles. The van der Waals surface area contributed by atoms with Crippen LogP contribution in [0.3, 0.4) is 0 Å². The molecule has 0 atom stereocenters. The van der Waals surface area contributed by atoms with Crippen molar-refractivity contribution in [3.8, 4) is 0 Å². The van der Waals surface area contributed by atoms with Crippen LogP contribution in [-0.4, -0.2) is 4.49 Å². The van der Waals surface area contributed by atoms with Crippen LogP contribution in [0.5, 0.6) is 0 Å². The molecule has 1 aromatic carbocycles. The van der Waals surface area contributed by atoms with Crippen molar-refractivity contribution in [1.82, 2.24) is 0 Å². The van der Waals surface area contributed by atoms with Gasteiger partial charge in [0.15, 0.2) is 0 Å². The third-order valence-electron chi connectivity index (χ3n) is 2.46. The van der Waals surface area contributed by atoms with Crippen LogP contribution < -0.4 is 0 Å². The van der Waals surface area contributed by atoms with Crippen LogP contribution in [0.1, 0.15) is 12.5 Å². The second-order valence-electron chi connectivity index (χ2n) is 3.44. The molecule has 0 heterocycles. The summed E-state index contributed by atoms with van der Waals surface area (Å²) in [5.74, 6) is 0. The zero-order valence-electron chi connectivity index (χ0n) is 8.51. The van der Waals surface area contributed by atoms with Gasteiger partial charge < -0.3 is 0 Å². The molecule has 0 bridgehead atoms. The molecule has 0 fully saturated rings. The van der Waals surface area contributed by atoms with E-state index >= 15 is 0 Å². The fourth-order valence-corrected chi connectivity index (χ4v) is 1.95. The van der Waals surface area contributed by atoms with Crippen LogP contribution in [0.25, 0.3) is 5.57 Å². The molecule has 78 valence electrons. The van der Waals surface area contributed by atoms with Crippen LogP contribution >= 0.6 is 0 Å². The molecule has 0 unspecified atom stereocenters. The Morgan fingerprint density at radius 3 is 2.33 bits per heavy atom. The Balaban J connectivity index is 2.46. The van der Waals surface area contributed by atoms with E-state index in [1.165, 1.54) is 16.7 Å². The number of rotatable bonds is 1. The van der Waals surface area contributed by atoms with E-state index in [1.807, 2.05) is 36.4 Å². The first-order valence-electron chi connectivity index (χ1n) is 4.90. The van der Waals surface area contributed by atoms with Crippen molar-refractivity contribution in [1.29, 1.82) is 0 Å². The van der Waals surface area contributed by atoms with Crippen LogP contribution in [0.2, 0.25) is 0 Å². The summed E-state index contributed by atoms with van der Waals surface area (Å²) in [6.45, 7) is 2.12. The van der Waals surface area contributed by atoms with Crippen molar-refractivity contribution in [2.45, 2.75) is 6.92 Å². The van der Waals surface area contributed by atoms with Gasteiger partial charge in [-0.1, -0.05) is 0 Å². The van der Waals surface area contributed by atoms with E-state index in [0.29, 0.717) is 0 Å². The van der Waals surface area contributed by atoms with Gasteiger partial charge in [-0.2, -0.15) is 0 Å². The first-order chi connectivity index (χ1) is 7.29. The summed E-state index contributed by atoms with van der Waals surface area (Å²) in [4.78, 5) is 0. The molecule has 1 aliphatic carbocycles. The third kappa shape index (κ3) is 2.24. The van der Waals surface area contributed by atoms with E-state index in [0.717, 1.165) is 4.49 Å². The summed E-state index contributed by atoms with van der Waals surface area (Å²) in [6.07, 6.45) is 8.09. The summed E-state index contributed by atoms with van der Waals surface area (Å²) in [6, 6.07) is 10.4. The second-order valence-corrected chi connectivity index (χ2v) is 3.97. The van der Waals surface area contributed by atoms with Gasteiger partial charge in [0.05, 0.1) is 0 Å². The van der Waals surface area contributed by atoms with Gasteiger partial charge in [0.2, 0.25) is 0 Å². The van der Waals surface area contributed by atoms with Crippen molar-refractivity contribution in [2.75, 3.05) is 0 Å². The normalized spacial score (nSPS) is 18.2.